The summed E-state index contributed by atoms with van der Waals surface area (Å²) in [6, 6.07) is 18.9. The monoisotopic (exact) mass is 392 g/mol. The molecule has 0 fully saturated rings. The third kappa shape index (κ3) is 8.45. The van der Waals surface area contributed by atoms with Gasteiger partial charge in [-0.25, -0.2) is 0 Å². The number of hydrogen-bond acceptors (Lipinski definition) is 6. The first kappa shape index (κ1) is 21.2. The quantitative estimate of drug-likeness (QED) is 0.408. The lowest BCUT2D eigenvalue weighted by molar-refractivity contribution is -0.115. The minimum Gasteiger partial charge on any atom is -0.374 e. The van der Waals surface area contributed by atoms with E-state index in [0.717, 1.165) is 17.4 Å². The van der Waals surface area contributed by atoms with E-state index in [4.69, 9.17) is 13.7 Å². The second-order valence-electron chi connectivity index (χ2n) is 6.08. The highest BCUT2D eigenvalue weighted by atomic mass is 32.2. The third-order valence-corrected chi connectivity index (χ3v) is 4.34. The molecule has 0 aliphatic carbocycles. The van der Waals surface area contributed by atoms with Crippen LogP contribution in [-0.2, 0) is 41.8 Å². The first-order valence-electron chi connectivity index (χ1n) is 8.57. The number of hydrogen-bond donors (Lipinski definition) is 0. The number of carbonyl (C=O) groups excluding carboxylic acids is 1. The molecule has 0 aromatic heterocycles. The molecule has 27 heavy (non-hydrogen) atoms. The van der Waals surface area contributed by atoms with E-state index in [1.54, 1.807) is 0 Å². The molecule has 146 valence electrons. The smallest absolute Gasteiger partial charge is 0.264 e. The average molecular weight is 392 g/mol. The number of rotatable bonds is 12. The van der Waals surface area contributed by atoms with Crippen molar-refractivity contribution in [1.82, 2.24) is 0 Å². The van der Waals surface area contributed by atoms with Crippen LogP contribution in [0.25, 0.3) is 0 Å². The largest absolute Gasteiger partial charge is 0.374 e. The summed E-state index contributed by atoms with van der Waals surface area (Å²) < 4.78 is 39.8. The Morgan fingerprint density at radius 3 is 1.96 bits per heavy atom. The lowest BCUT2D eigenvalue weighted by atomic mass is 10.1. The molecule has 0 aliphatic heterocycles. The Hall–Kier alpha value is -2.06. The highest BCUT2D eigenvalue weighted by Crippen LogP contribution is 2.15. The number of ether oxygens (including phenoxy) is 2. The van der Waals surface area contributed by atoms with Crippen LogP contribution < -0.4 is 0 Å². The van der Waals surface area contributed by atoms with Gasteiger partial charge >= 0.3 is 0 Å². The molecule has 2 unspecified atom stereocenters. The van der Waals surface area contributed by atoms with Crippen LogP contribution >= 0.6 is 0 Å². The molecular weight excluding hydrogens is 368 g/mol. The Morgan fingerprint density at radius 1 is 0.889 bits per heavy atom. The van der Waals surface area contributed by atoms with E-state index >= 15 is 0 Å². The summed E-state index contributed by atoms with van der Waals surface area (Å²) in [5.41, 5.74) is 1.87. The van der Waals surface area contributed by atoms with Gasteiger partial charge in [-0.05, 0) is 11.1 Å². The van der Waals surface area contributed by atoms with Crippen LogP contribution in [0.15, 0.2) is 60.7 Å². The Bertz CT molecular complexity index is 777. The predicted octanol–water partition coefficient (Wildman–Crippen LogP) is 2.72. The molecule has 6 nitrogen and oxygen atoms in total. The molecular formula is C20H24O6S. The zero-order chi connectivity index (χ0) is 19.5. The number of aldehydes is 1. The summed E-state index contributed by atoms with van der Waals surface area (Å²) >= 11 is 0. The molecule has 2 aromatic carbocycles. The summed E-state index contributed by atoms with van der Waals surface area (Å²) in [5.74, 6) is 0. The molecule has 0 aliphatic rings. The molecule has 2 atom stereocenters. The Balaban J connectivity index is 2.01. The van der Waals surface area contributed by atoms with Crippen molar-refractivity contribution in [3.63, 3.8) is 0 Å². The minimum absolute atomic E-state index is 0.00170. The van der Waals surface area contributed by atoms with Crippen molar-refractivity contribution in [2.75, 3.05) is 12.9 Å². The van der Waals surface area contributed by atoms with Gasteiger partial charge in [-0.1, -0.05) is 60.7 Å². The fourth-order valence-corrected chi connectivity index (χ4v) is 3.12. The van der Waals surface area contributed by atoms with E-state index in [9.17, 15) is 13.2 Å². The fraction of sp³-hybridized carbons (Fsp3) is 0.350. The second kappa shape index (κ2) is 10.9. The van der Waals surface area contributed by atoms with Crippen molar-refractivity contribution < 1.29 is 26.9 Å². The summed E-state index contributed by atoms with van der Waals surface area (Å²) in [5, 5.41) is 0. The molecule has 0 radical (unpaired) electrons. The highest BCUT2D eigenvalue weighted by molar-refractivity contribution is 7.86. The molecule has 0 N–H and O–H groups in total. The second-order valence-corrected chi connectivity index (χ2v) is 7.68. The normalized spacial score (nSPS) is 13.8. The van der Waals surface area contributed by atoms with Crippen LogP contribution in [0.3, 0.4) is 0 Å². The molecule has 0 saturated heterocycles. The zero-order valence-electron chi connectivity index (χ0n) is 15.2. The molecule has 0 saturated carbocycles. The van der Waals surface area contributed by atoms with Crippen molar-refractivity contribution in [2.24, 2.45) is 0 Å². The third-order valence-electron chi connectivity index (χ3n) is 3.74. The van der Waals surface area contributed by atoms with Gasteiger partial charge in [-0.2, -0.15) is 8.42 Å². The van der Waals surface area contributed by atoms with Crippen LogP contribution in [0.5, 0.6) is 0 Å². The van der Waals surface area contributed by atoms with Crippen molar-refractivity contribution in [3.8, 4) is 0 Å². The molecule has 0 spiro atoms. The van der Waals surface area contributed by atoms with Gasteiger partial charge in [0.15, 0.2) is 0 Å². The van der Waals surface area contributed by atoms with Crippen molar-refractivity contribution in [2.45, 2.75) is 31.8 Å². The number of carbonyl (C=O) groups is 1. The van der Waals surface area contributed by atoms with Gasteiger partial charge in [0, 0.05) is 6.42 Å². The fourth-order valence-electron chi connectivity index (χ4n) is 2.49. The predicted molar refractivity (Wildman–Crippen MR) is 102 cm³/mol. The van der Waals surface area contributed by atoms with E-state index < -0.39 is 22.3 Å². The van der Waals surface area contributed by atoms with Crippen molar-refractivity contribution in [1.29, 1.82) is 0 Å². The van der Waals surface area contributed by atoms with Crippen LogP contribution in [0.4, 0.5) is 0 Å². The standard InChI is InChI=1S/C20H24O6S/c1-27(22,23)26-20(16-24-14-17-8-4-2-5-9-17)19(12-13-21)25-15-18-10-6-3-7-11-18/h2-11,13,19-20H,12,14-16H2,1H3. The maximum Gasteiger partial charge on any atom is 0.264 e. The molecule has 7 heteroatoms. The number of benzene rings is 2. The van der Waals surface area contributed by atoms with Crippen molar-refractivity contribution in [3.05, 3.63) is 71.8 Å². The van der Waals surface area contributed by atoms with Gasteiger partial charge in [0.2, 0.25) is 0 Å². The van der Waals surface area contributed by atoms with E-state index in [0.29, 0.717) is 12.9 Å². The van der Waals surface area contributed by atoms with E-state index in [2.05, 4.69) is 0 Å². The molecule has 0 amide bonds. The highest BCUT2D eigenvalue weighted by Gasteiger charge is 2.27. The first-order valence-corrected chi connectivity index (χ1v) is 10.4. The zero-order valence-corrected chi connectivity index (χ0v) is 16.0. The van der Waals surface area contributed by atoms with Crippen LogP contribution in [0.2, 0.25) is 0 Å². The Labute approximate surface area is 160 Å². The van der Waals surface area contributed by atoms with Crippen LogP contribution in [0, 0.1) is 0 Å². The van der Waals surface area contributed by atoms with E-state index in [1.807, 2.05) is 60.7 Å². The van der Waals surface area contributed by atoms with Gasteiger partial charge in [0.05, 0.1) is 32.2 Å². The molecule has 2 rings (SSSR count). The lowest BCUT2D eigenvalue weighted by Crippen LogP contribution is -2.37. The summed E-state index contributed by atoms with van der Waals surface area (Å²) in [6.45, 7) is 0.522. The maximum absolute atomic E-state index is 11.6. The topological polar surface area (TPSA) is 78.9 Å². The maximum atomic E-state index is 11.6. The van der Waals surface area contributed by atoms with Gasteiger partial charge in [-0.15, -0.1) is 0 Å². The SMILES string of the molecule is CS(=O)(=O)OC(COCc1ccccc1)C(CC=O)OCc1ccccc1. The van der Waals surface area contributed by atoms with Crippen LogP contribution in [-0.4, -0.2) is 39.8 Å². The van der Waals surface area contributed by atoms with Gasteiger partial charge < -0.3 is 14.3 Å². The molecule has 0 heterocycles. The van der Waals surface area contributed by atoms with Crippen molar-refractivity contribution >= 4 is 16.4 Å². The molecule has 0 bridgehead atoms. The van der Waals surface area contributed by atoms with E-state index in [-0.39, 0.29) is 19.6 Å². The summed E-state index contributed by atoms with van der Waals surface area (Å²) in [6.07, 6.45) is -0.00891. The van der Waals surface area contributed by atoms with Gasteiger partial charge in [-0.3, -0.25) is 4.18 Å². The summed E-state index contributed by atoms with van der Waals surface area (Å²) in [4.78, 5) is 11.1. The van der Waals surface area contributed by atoms with Gasteiger partial charge in [0.1, 0.15) is 12.4 Å². The Kier molecular flexibility index (Phi) is 8.60. The lowest BCUT2D eigenvalue weighted by Gasteiger charge is -2.25. The average Bonchev–Trinajstić information content (AvgIpc) is 2.65. The summed E-state index contributed by atoms with van der Waals surface area (Å²) in [7, 11) is -3.74. The first-order chi connectivity index (χ1) is 13.0. The Morgan fingerprint density at radius 2 is 1.44 bits per heavy atom. The molecule has 2 aromatic rings. The van der Waals surface area contributed by atoms with Gasteiger partial charge in [0.25, 0.3) is 10.1 Å². The van der Waals surface area contributed by atoms with Crippen LogP contribution in [0.1, 0.15) is 17.5 Å². The van der Waals surface area contributed by atoms with E-state index in [1.165, 1.54) is 0 Å². The minimum atomic E-state index is -3.74.